The monoisotopic (exact) mass is 288 g/mol. The molecule has 1 heterocycles. The zero-order valence-corrected chi connectivity index (χ0v) is 12.7. The topological polar surface area (TPSA) is 33.1 Å². The molecule has 2 aromatic rings. The van der Waals surface area contributed by atoms with Gasteiger partial charge in [0.15, 0.2) is 5.11 Å². The van der Waals surface area contributed by atoms with Crippen molar-refractivity contribution in [2.45, 2.75) is 13.0 Å². The Hall–Kier alpha value is -1.88. The van der Waals surface area contributed by atoms with Gasteiger partial charge in [0.1, 0.15) is 0 Å². The standard InChI is InChI=1S/C15H20N4S/c1-18(12-14-9-11-17-19(14)2)15(20)16-10-8-13-6-4-3-5-7-13/h3-7,9,11H,8,10,12H2,1-2H3,(H,16,20). The molecular formula is C15H20N4S. The molecule has 0 aliphatic rings. The van der Waals surface area contributed by atoms with Crippen LogP contribution in [0.4, 0.5) is 0 Å². The first-order chi connectivity index (χ1) is 9.66. The van der Waals surface area contributed by atoms with Gasteiger partial charge in [-0.1, -0.05) is 30.3 Å². The molecule has 0 unspecified atom stereocenters. The fourth-order valence-electron chi connectivity index (χ4n) is 1.96. The summed E-state index contributed by atoms with van der Waals surface area (Å²) >= 11 is 5.39. The Kier molecular flexibility index (Phi) is 5.12. The maximum absolute atomic E-state index is 5.39. The first kappa shape index (κ1) is 14.5. The van der Waals surface area contributed by atoms with Gasteiger partial charge in [-0.25, -0.2) is 0 Å². The second kappa shape index (κ2) is 7.05. The molecule has 1 aromatic heterocycles. The number of thiocarbonyl (C=S) groups is 1. The first-order valence-corrected chi connectivity index (χ1v) is 7.07. The molecule has 0 saturated carbocycles. The Morgan fingerprint density at radius 2 is 2.05 bits per heavy atom. The molecule has 2 rings (SSSR count). The molecule has 0 amide bonds. The first-order valence-electron chi connectivity index (χ1n) is 6.66. The van der Waals surface area contributed by atoms with Gasteiger partial charge in [0, 0.05) is 26.8 Å². The van der Waals surface area contributed by atoms with Crippen LogP contribution >= 0.6 is 12.2 Å². The summed E-state index contributed by atoms with van der Waals surface area (Å²) in [5, 5.41) is 8.21. The Morgan fingerprint density at radius 1 is 1.30 bits per heavy atom. The molecule has 0 atom stereocenters. The number of nitrogens with one attached hydrogen (secondary N) is 1. The van der Waals surface area contributed by atoms with Gasteiger partial charge < -0.3 is 10.2 Å². The van der Waals surface area contributed by atoms with Crippen molar-refractivity contribution in [3.63, 3.8) is 0 Å². The molecule has 0 spiro atoms. The van der Waals surface area contributed by atoms with Crippen molar-refractivity contribution >= 4 is 17.3 Å². The highest BCUT2D eigenvalue weighted by Gasteiger charge is 2.07. The van der Waals surface area contributed by atoms with Gasteiger partial charge in [0.05, 0.1) is 12.2 Å². The average molecular weight is 288 g/mol. The lowest BCUT2D eigenvalue weighted by atomic mass is 10.1. The van der Waals surface area contributed by atoms with Crippen LogP contribution in [0.25, 0.3) is 0 Å². The van der Waals surface area contributed by atoms with Crippen LogP contribution in [0.2, 0.25) is 0 Å². The molecule has 20 heavy (non-hydrogen) atoms. The highest BCUT2D eigenvalue weighted by Crippen LogP contribution is 2.02. The Morgan fingerprint density at radius 3 is 2.70 bits per heavy atom. The number of hydrogen-bond donors (Lipinski definition) is 1. The van der Waals surface area contributed by atoms with Crippen molar-refractivity contribution in [2.24, 2.45) is 7.05 Å². The number of rotatable bonds is 5. The summed E-state index contributed by atoms with van der Waals surface area (Å²) in [6.07, 6.45) is 2.77. The van der Waals surface area contributed by atoms with E-state index < -0.39 is 0 Å². The third kappa shape index (κ3) is 4.06. The lowest BCUT2D eigenvalue weighted by Crippen LogP contribution is -2.37. The van der Waals surface area contributed by atoms with Crippen LogP contribution in [0.1, 0.15) is 11.3 Å². The lowest BCUT2D eigenvalue weighted by molar-refractivity contribution is 0.467. The van der Waals surface area contributed by atoms with E-state index in [1.165, 1.54) is 5.56 Å². The zero-order chi connectivity index (χ0) is 14.4. The van der Waals surface area contributed by atoms with Crippen molar-refractivity contribution in [1.82, 2.24) is 20.0 Å². The van der Waals surface area contributed by atoms with E-state index in [2.05, 4.69) is 34.7 Å². The largest absolute Gasteiger partial charge is 0.362 e. The maximum atomic E-state index is 5.39. The minimum atomic E-state index is 0.758. The van der Waals surface area contributed by atoms with Crippen molar-refractivity contribution in [3.8, 4) is 0 Å². The SMILES string of the molecule is CN(Cc1ccnn1C)C(=S)NCCc1ccccc1. The minimum Gasteiger partial charge on any atom is -0.362 e. The van der Waals surface area contributed by atoms with Gasteiger partial charge >= 0.3 is 0 Å². The highest BCUT2D eigenvalue weighted by atomic mass is 32.1. The Balaban J connectivity index is 1.76. The van der Waals surface area contributed by atoms with Gasteiger partial charge in [-0.15, -0.1) is 0 Å². The van der Waals surface area contributed by atoms with Crippen LogP contribution in [0.3, 0.4) is 0 Å². The molecule has 0 bridgehead atoms. The number of benzene rings is 1. The van der Waals surface area contributed by atoms with Gasteiger partial charge in [-0.2, -0.15) is 5.10 Å². The summed E-state index contributed by atoms with van der Waals surface area (Å²) in [6, 6.07) is 12.4. The summed E-state index contributed by atoms with van der Waals surface area (Å²) < 4.78 is 1.86. The molecule has 1 N–H and O–H groups in total. The highest BCUT2D eigenvalue weighted by molar-refractivity contribution is 7.80. The molecule has 106 valence electrons. The molecule has 0 fully saturated rings. The van der Waals surface area contributed by atoms with Gasteiger partial charge in [-0.3, -0.25) is 4.68 Å². The van der Waals surface area contributed by atoms with E-state index >= 15 is 0 Å². The summed E-state index contributed by atoms with van der Waals surface area (Å²) in [4.78, 5) is 2.03. The summed E-state index contributed by atoms with van der Waals surface area (Å²) in [6.45, 7) is 1.60. The average Bonchev–Trinajstić information content (AvgIpc) is 2.85. The third-order valence-corrected chi connectivity index (χ3v) is 3.66. The van der Waals surface area contributed by atoms with E-state index in [1.54, 1.807) is 6.20 Å². The molecule has 1 aromatic carbocycles. The minimum absolute atomic E-state index is 0.758. The molecule has 4 nitrogen and oxygen atoms in total. The van der Waals surface area contributed by atoms with E-state index in [9.17, 15) is 0 Å². The molecular weight excluding hydrogens is 268 g/mol. The molecule has 5 heteroatoms. The van der Waals surface area contributed by atoms with Gasteiger partial charge in [0.2, 0.25) is 0 Å². The van der Waals surface area contributed by atoms with E-state index in [1.807, 2.05) is 35.8 Å². The fourth-order valence-corrected chi connectivity index (χ4v) is 2.13. The molecule has 0 radical (unpaired) electrons. The van der Waals surface area contributed by atoms with Crippen LogP contribution in [-0.2, 0) is 20.0 Å². The van der Waals surface area contributed by atoms with E-state index in [4.69, 9.17) is 12.2 Å². The second-order valence-corrected chi connectivity index (χ2v) is 5.16. The van der Waals surface area contributed by atoms with E-state index in [0.717, 1.165) is 30.3 Å². The normalized spacial score (nSPS) is 10.3. The van der Waals surface area contributed by atoms with Gasteiger partial charge in [0.25, 0.3) is 0 Å². The number of aromatic nitrogens is 2. The Bertz CT molecular complexity index is 550. The number of aryl methyl sites for hydroxylation is 1. The maximum Gasteiger partial charge on any atom is 0.169 e. The van der Waals surface area contributed by atoms with E-state index in [0.29, 0.717) is 0 Å². The number of nitrogens with zero attached hydrogens (tertiary/aromatic N) is 3. The summed E-state index contributed by atoms with van der Waals surface area (Å²) in [5.41, 5.74) is 2.46. The zero-order valence-electron chi connectivity index (χ0n) is 11.9. The predicted octanol–water partition coefficient (Wildman–Crippen LogP) is 1.97. The van der Waals surface area contributed by atoms with Crippen molar-refractivity contribution in [1.29, 1.82) is 0 Å². The van der Waals surface area contributed by atoms with Crippen molar-refractivity contribution < 1.29 is 0 Å². The van der Waals surface area contributed by atoms with Gasteiger partial charge in [-0.05, 0) is 30.3 Å². The fraction of sp³-hybridized carbons (Fsp3) is 0.333. The number of hydrogen-bond acceptors (Lipinski definition) is 2. The second-order valence-electron chi connectivity index (χ2n) is 4.77. The molecule has 0 saturated heterocycles. The Labute approximate surface area is 125 Å². The summed E-state index contributed by atoms with van der Waals surface area (Å²) in [5.74, 6) is 0. The van der Waals surface area contributed by atoms with Crippen LogP contribution in [0.15, 0.2) is 42.6 Å². The molecule has 0 aliphatic carbocycles. The van der Waals surface area contributed by atoms with Crippen LogP contribution in [0, 0.1) is 0 Å². The van der Waals surface area contributed by atoms with E-state index in [-0.39, 0.29) is 0 Å². The predicted molar refractivity (Wildman–Crippen MR) is 85.4 cm³/mol. The summed E-state index contributed by atoms with van der Waals surface area (Å²) in [7, 11) is 3.93. The van der Waals surface area contributed by atoms with Crippen molar-refractivity contribution in [2.75, 3.05) is 13.6 Å². The van der Waals surface area contributed by atoms with Crippen LogP contribution in [-0.4, -0.2) is 33.4 Å². The lowest BCUT2D eigenvalue weighted by Gasteiger charge is -2.21. The van der Waals surface area contributed by atoms with Crippen LogP contribution in [0.5, 0.6) is 0 Å². The smallest absolute Gasteiger partial charge is 0.169 e. The van der Waals surface area contributed by atoms with Crippen LogP contribution < -0.4 is 5.32 Å². The van der Waals surface area contributed by atoms with Crippen molar-refractivity contribution in [3.05, 3.63) is 53.9 Å². The molecule has 0 aliphatic heterocycles. The quantitative estimate of drug-likeness (QED) is 0.853. The third-order valence-electron chi connectivity index (χ3n) is 3.20.